The van der Waals surface area contributed by atoms with Gasteiger partial charge in [0.25, 0.3) is 0 Å². The molecule has 158 valence electrons. The SMILES string of the molecule is CC1(C)[C@H](C(=O)OC(C#N)c2cccc(Oc3ccccc3)c2)[C@@H]1C(Br)C(Cl)(Cl)Br. The number of carbonyl (C=O) groups is 1. The highest BCUT2D eigenvalue weighted by Gasteiger charge is 2.67. The van der Waals surface area contributed by atoms with Crippen molar-refractivity contribution < 1.29 is 14.3 Å². The van der Waals surface area contributed by atoms with Crippen LogP contribution in [0.5, 0.6) is 11.5 Å². The largest absolute Gasteiger partial charge is 0.457 e. The molecular weight excluding hydrogens is 557 g/mol. The van der Waals surface area contributed by atoms with Gasteiger partial charge in [-0.15, -0.1) is 0 Å². The molecule has 30 heavy (non-hydrogen) atoms. The van der Waals surface area contributed by atoms with E-state index in [4.69, 9.17) is 32.7 Å². The first-order chi connectivity index (χ1) is 14.1. The Balaban J connectivity index is 1.72. The van der Waals surface area contributed by atoms with Crippen LogP contribution in [0.15, 0.2) is 54.6 Å². The van der Waals surface area contributed by atoms with Gasteiger partial charge in [0.15, 0.2) is 3.24 Å². The molecule has 2 unspecified atom stereocenters. The van der Waals surface area contributed by atoms with Crippen LogP contribution in [0.3, 0.4) is 0 Å². The average molecular weight is 576 g/mol. The molecule has 1 aliphatic carbocycles. The molecule has 2 aromatic carbocycles. The summed E-state index contributed by atoms with van der Waals surface area (Å²) in [6, 6.07) is 18.3. The van der Waals surface area contributed by atoms with E-state index in [1.807, 2.05) is 44.2 Å². The summed E-state index contributed by atoms with van der Waals surface area (Å²) >= 11 is 19.0. The van der Waals surface area contributed by atoms with Crippen molar-refractivity contribution >= 4 is 61.0 Å². The van der Waals surface area contributed by atoms with E-state index in [1.54, 1.807) is 24.3 Å². The van der Waals surface area contributed by atoms with Gasteiger partial charge in [0, 0.05) is 5.56 Å². The zero-order valence-corrected chi connectivity index (χ0v) is 20.9. The minimum absolute atomic E-state index is 0.147. The summed E-state index contributed by atoms with van der Waals surface area (Å²) in [7, 11) is 0. The maximum absolute atomic E-state index is 12.9. The highest BCUT2D eigenvalue weighted by molar-refractivity contribution is 9.13. The number of benzene rings is 2. The molecule has 1 aliphatic rings. The van der Waals surface area contributed by atoms with Gasteiger partial charge in [-0.2, -0.15) is 5.26 Å². The number of alkyl halides is 4. The molecule has 8 heteroatoms. The van der Waals surface area contributed by atoms with Gasteiger partial charge in [-0.05, 0) is 51.5 Å². The Bertz CT molecular complexity index is 957. The summed E-state index contributed by atoms with van der Waals surface area (Å²) in [5.74, 6) is 0.183. The molecular formula is C22H19Br2Cl2NO3. The van der Waals surface area contributed by atoms with E-state index in [0.29, 0.717) is 17.1 Å². The van der Waals surface area contributed by atoms with Gasteiger partial charge in [0.05, 0.1) is 10.7 Å². The Morgan fingerprint density at radius 3 is 2.40 bits per heavy atom. The Labute approximate surface area is 202 Å². The van der Waals surface area contributed by atoms with E-state index in [2.05, 4.69) is 37.9 Å². The van der Waals surface area contributed by atoms with Gasteiger partial charge in [-0.25, -0.2) is 0 Å². The van der Waals surface area contributed by atoms with E-state index >= 15 is 0 Å². The maximum Gasteiger partial charge on any atom is 0.311 e. The van der Waals surface area contributed by atoms with Crippen molar-refractivity contribution in [2.24, 2.45) is 17.3 Å². The molecule has 1 fully saturated rings. The van der Waals surface area contributed by atoms with E-state index in [1.165, 1.54) is 0 Å². The molecule has 0 aliphatic heterocycles. The lowest BCUT2D eigenvalue weighted by Gasteiger charge is -2.20. The van der Waals surface area contributed by atoms with Crippen molar-refractivity contribution in [3.8, 4) is 17.6 Å². The molecule has 0 heterocycles. The van der Waals surface area contributed by atoms with Gasteiger partial charge in [-0.3, -0.25) is 4.79 Å². The van der Waals surface area contributed by atoms with Gasteiger partial charge >= 0.3 is 5.97 Å². The van der Waals surface area contributed by atoms with Crippen molar-refractivity contribution in [2.45, 2.75) is 28.0 Å². The number of para-hydroxylation sites is 1. The Morgan fingerprint density at radius 2 is 1.80 bits per heavy atom. The summed E-state index contributed by atoms with van der Waals surface area (Å²) in [5, 5.41) is 9.62. The number of hydrogen-bond acceptors (Lipinski definition) is 4. The van der Waals surface area contributed by atoms with Crippen molar-refractivity contribution in [3.63, 3.8) is 0 Å². The fourth-order valence-corrected chi connectivity index (χ4v) is 5.14. The highest BCUT2D eigenvalue weighted by Crippen LogP contribution is 2.65. The van der Waals surface area contributed by atoms with Crippen LogP contribution in [0.4, 0.5) is 0 Å². The number of nitriles is 1. The first-order valence-electron chi connectivity index (χ1n) is 9.19. The van der Waals surface area contributed by atoms with Crippen LogP contribution >= 0.6 is 55.1 Å². The number of carbonyl (C=O) groups excluding carboxylic acids is 1. The van der Waals surface area contributed by atoms with E-state index < -0.39 is 21.2 Å². The monoisotopic (exact) mass is 573 g/mol. The third kappa shape index (κ3) is 5.13. The number of hydrogen-bond donors (Lipinski definition) is 0. The fraction of sp³-hybridized carbons (Fsp3) is 0.364. The van der Waals surface area contributed by atoms with Crippen LogP contribution in [0.2, 0.25) is 0 Å². The molecule has 0 spiro atoms. The third-order valence-corrected chi connectivity index (χ3v) is 8.64. The molecule has 0 N–H and O–H groups in total. The predicted octanol–water partition coefficient (Wildman–Crippen LogP) is 7.15. The number of ether oxygens (including phenoxy) is 2. The molecule has 2 aromatic rings. The van der Waals surface area contributed by atoms with Crippen LogP contribution in [0.1, 0.15) is 25.5 Å². The van der Waals surface area contributed by atoms with Crippen LogP contribution in [0, 0.1) is 28.6 Å². The normalized spacial score (nSPS) is 21.8. The summed E-state index contributed by atoms with van der Waals surface area (Å²) in [6.45, 7) is 3.89. The van der Waals surface area contributed by atoms with Crippen molar-refractivity contribution in [1.29, 1.82) is 5.26 Å². The molecule has 0 amide bonds. The number of rotatable bonds is 7. The molecule has 4 nitrogen and oxygen atoms in total. The molecule has 0 radical (unpaired) electrons. The Kier molecular flexibility index (Phi) is 7.08. The van der Waals surface area contributed by atoms with Crippen LogP contribution in [-0.4, -0.2) is 14.0 Å². The Morgan fingerprint density at radius 1 is 1.17 bits per heavy atom. The second-order valence-corrected chi connectivity index (χ2v) is 12.2. The van der Waals surface area contributed by atoms with Crippen LogP contribution < -0.4 is 4.74 Å². The van der Waals surface area contributed by atoms with Crippen LogP contribution in [0.25, 0.3) is 0 Å². The zero-order valence-electron chi connectivity index (χ0n) is 16.2. The minimum Gasteiger partial charge on any atom is -0.457 e. The van der Waals surface area contributed by atoms with Crippen molar-refractivity contribution in [1.82, 2.24) is 0 Å². The smallest absolute Gasteiger partial charge is 0.311 e. The Hall–Kier alpha value is -1.26. The van der Waals surface area contributed by atoms with Crippen molar-refractivity contribution in [3.05, 3.63) is 60.2 Å². The van der Waals surface area contributed by atoms with Crippen LogP contribution in [-0.2, 0) is 9.53 Å². The first kappa shape index (κ1) is 23.4. The van der Waals surface area contributed by atoms with E-state index in [-0.39, 0.29) is 16.2 Å². The van der Waals surface area contributed by atoms with Gasteiger partial charge < -0.3 is 9.47 Å². The average Bonchev–Trinajstić information content (AvgIpc) is 3.27. The van der Waals surface area contributed by atoms with E-state index in [9.17, 15) is 10.1 Å². The topological polar surface area (TPSA) is 59.3 Å². The number of esters is 1. The predicted molar refractivity (Wildman–Crippen MR) is 124 cm³/mol. The maximum atomic E-state index is 12.9. The lowest BCUT2D eigenvalue weighted by atomic mass is 10.1. The van der Waals surface area contributed by atoms with Gasteiger partial charge in [0.2, 0.25) is 6.10 Å². The molecule has 1 saturated carbocycles. The zero-order chi connectivity index (χ0) is 22.1. The van der Waals surface area contributed by atoms with Crippen molar-refractivity contribution in [2.75, 3.05) is 0 Å². The summed E-state index contributed by atoms with van der Waals surface area (Å²) < 4.78 is 10.2. The lowest BCUT2D eigenvalue weighted by Crippen LogP contribution is -2.24. The lowest BCUT2D eigenvalue weighted by molar-refractivity contribution is -0.149. The third-order valence-electron chi connectivity index (χ3n) is 5.28. The molecule has 0 saturated heterocycles. The quantitative estimate of drug-likeness (QED) is 0.260. The van der Waals surface area contributed by atoms with Gasteiger partial charge in [0.1, 0.15) is 17.6 Å². The number of halogens is 4. The fourth-order valence-electron chi connectivity index (χ4n) is 3.60. The molecule has 0 bridgehead atoms. The first-order valence-corrected chi connectivity index (χ1v) is 11.7. The number of nitrogens with zero attached hydrogens (tertiary/aromatic N) is 1. The highest BCUT2D eigenvalue weighted by atomic mass is 79.9. The second-order valence-electron chi connectivity index (χ2n) is 7.70. The minimum atomic E-state index is -1.22. The van der Waals surface area contributed by atoms with Gasteiger partial charge in [-0.1, -0.05) is 83.3 Å². The molecule has 3 rings (SSSR count). The summed E-state index contributed by atoms with van der Waals surface area (Å²) in [5.41, 5.74) is 0.168. The summed E-state index contributed by atoms with van der Waals surface area (Å²) in [4.78, 5) is 12.5. The molecule has 0 aromatic heterocycles. The summed E-state index contributed by atoms with van der Waals surface area (Å²) in [6.07, 6.45) is -1.05. The standard InChI is InChI=1S/C22H19Br2Cl2NO3/c1-21(2)17(19(23)22(24,25)26)18(21)20(28)30-16(12-27)13-7-6-10-15(11-13)29-14-8-4-3-5-9-14/h3-11,16-19H,1-2H3/t16?,17-,18+,19?/m1/s1. The molecule has 4 atom stereocenters. The second kappa shape index (κ2) is 9.08. The van der Waals surface area contributed by atoms with E-state index in [0.717, 1.165) is 0 Å².